The molecule has 1 saturated carbocycles. The molecule has 0 saturated heterocycles. The number of nitrogens with zero attached hydrogens (tertiary/aromatic N) is 3. The summed E-state index contributed by atoms with van der Waals surface area (Å²) in [6.07, 6.45) is 4.55. The van der Waals surface area contributed by atoms with Crippen molar-refractivity contribution in [3.05, 3.63) is 24.1 Å². The van der Waals surface area contributed by atoms with Crippen LogP contribution in [0.1, 0.15) is 25.7 Å². The third kappa shape index (κ3) is 2.28. The first-order chi connectivity index (χ1) is 8.70. The Morgan fingerprint density at radius 1 is 1.28 bits per heavy atom. The normalized spacial score (nSPS) is 24.3. The van der Waals surface area contributed by atoms with Gasteiger partial charge in [0.1, 0.15) is 5.82 Å². The summed E-state index contributed by atoms with van der Waals surface area (Å²) in [6.45, 7) is 0. The molecular weight excluding hydrogens is 235 g/mol. The largest absolute Gasteiger partial charge is 0.393 e. The quantitative estimate of drug-likeness (QED) is 0.849. The van der Waals surface area contributed by atoms with E-state index < -0.39 is 0 Å². The van der Waals surface area contributed by atoms with Crippen molar-refractivity contribution < 1.29 is 9.50 Å². The predicted molar refractivity (Wildman–Crippen MR) is 64.8 cm³/mol. The van der Waals surface area contributed by atoms with Crippen LogP contribution in [0, 0.1) is 5.82 Å². The molecule has 0 unspecified atom stereocenters. The lowest BCUT2D eigenvalue weighted by Gasteiger charge is -2.25. The lowest BCUT2D eigenvalue weighted by atomic mass is 9.93. The molecule has 1 aliphatic carbocycles. The van der Waals surface area contributed by atoms with E-state index in [1.165, 1.54) is 16.8 Å². The van der Waals surface area contributed by atoms with Crippen molar-refractivity contribution >= 4 is 11.6 Å². The maximum Gasteiger partial charge on any atom is 0.243 e. The number of halogens is 1. The molecule has 0 aliphatic heterocycles. The minimum Gasteiger partial charge on any atom is -0.393 e. The van der Waals surface area contributed by atoms with Gasteiger partial charge in [-0.2, -0.15) is 4.98 Å². The van der Waals surface area contributed by atoms with Crippen LogP contribution in [-0.4, -0.2) is 31.9 Å². The molecule has 1 fully saturated rings. The van der Waals surface area contributed by atoms with Gasteiger partial charge in [-0.25, -0.2) is 8.91 Å². The van der Waals surface area contributed by atoms with E-state index in [4.69, 9.17) is 0 Å². The van der Waals surface area contributed by atoms with Crippen LogP contribution < -0.4 is 5.32 Å². The van der Waals surface area contributed by atoms with Gasteiger partial charge in [0.15, 0.2) is 5.65 Å². The molecule has 0 bridgehead atoms. The standard InChI is InChI=1S/C12H15FN4O/c13-8-1-6-11-15-12(16-17(11)7-8)14-9-2-4-10(18)5-3-9/h1,6-7,9-10,18H,2-5H2,(H,14,16). The van der Waals surface area contributed by atoms with Gasteiger partial charge in [0.05, 0.1) is 12.3 Å². The van der Waals surface area contributed by atoms with Crippen molar-refractivity contribution in [1.82, 2.24) is 14.6 Å². The highest BCUT2D eigenvalue weighted by Gasteiger charge is 2.20. The fourth-order valence-corrected chi connectivity index (χ4v) is 2.32. The van der Waals surface area contributed by atoms with Gasteiger partial charge in [-0.15, -0.1) is 5.10 Å². The average molecular weight is 250 g/mol. The third-order valence-corrected chi connectivity index (χ3v) is 3.32. The number of pyridine rings is 1. The Kier molecular flexibility index (Phi) is 2.87. The van der Waals surface area contributed by atoms with Crippen molar-refractivity contribution in [1.29, 1.82) is 0 Å². The summed E-state index contributed by atoms with van der Waals surface area (Å²) >= 11 is 0. The molecule has 2 aromatic heterocycles. The zero-order valence-corrected chi connectivity index (χ0v) is 9.88. The molecule has 0 spiro atoms. The van der Waals surface area contributed by atoms with Gasteiger partial charge < -0.3 is 10.4 Å². The molecule has 0 aromatic carbocycles. The summed E-state index contributed by atoms with van der Waals surface area (Å²) in [5, 5.41) is 16.8. The Morgan fingerprint density at radius 2 is 2.06 bits per heavy atom. The number of aliphatic hydroxyl groups excluding tert-OH is 1. The second-order valence-electron chi connectivity index (χ2n) is 4.74. The number of fused-ring (bicyclic) bond motifs is 1. The maximum atomic E-state index is 13.0. The molecule has 6 heteroatoms. The Bertz CT molecular complexity index is 548. The average Bonchev–Trinajstić information content (AvgIpc) is 2.73. The number of rotatable bonds is 2. The monoisotopic (exact) mass is 250 g/mol. The summed E-state index contributed by atoms with van der Waals surface area (Å²) in [5.74, 6) is 0.182. The topological polar surface area (TPSA) is 62.5 Å². The highest BCUT2D eigenvalue weighted by Crippen LogP contribution is 2.21. The summed E-state index contributed by atoms with van der Waals surface area (Å²) in [4.78, 5) is 4.28. The second-order valence-corrected chi connectivity index (χ2v) is 4.74. The summed E-state index contributed by atoms with van der Waals surface area (Å²) in [6, 6.07) is 3.25. The fraction of sp³-hybridized carbons (Fsp3) is 0.500. The highest BCUT2D eigenvalue weighted by atomic mass is 19.1. The van der Waals surface area contributed by atoms with Crippen molar-refractivity contribution in [3.8, 4) is 0 Å². The van der Waals surface area contributed by atoms with Crippen LogP contribution in [0.25, 0.3) is 5.65 Å². The molecule has 0 amide bonds. The smallest absolute Gasteiger partial charge is 0.243 e. The van der Waals surface area contributed by atoms with E-state index in [2.05, 4.69) is 15.4 Å². The van der Waals surface area contributed by atoms with E-state index >= 15 is 0 Å². The Morgan fingerprint density at radius 3 is 2.83 bits per heavy atom. The second kappa shape index (κ2) is 4.53. The van der Waals surface area contributed by atoms with E-state index in [0.29, 0.717) is 11.6 Å². The van der Waals surface area contributed by atoms with E-state index in [1.807, 2.05) is 0 Å². The van der Waals surface area contributed by atoms with Gasteiger partial charge >= 0.3 is 0 Å². The van der Waals surface area contributed by atoms with E-state index in [0.717, 1.165) is 25.7 Å². The van der Waals surface area contributed by atoms with E-state index in [9.17, 15) is 9.50 Å². The molecule has 1 aliphatic rings. The molecule has 18 heavy (non-hydrogen) atoms. The molecular formula is C12H15FN4O. The fourth-order valence-electron chi connectivity index (χ4n) is 2.32. The zero-order chi connectivity index (χ0) is 12.5. The molecule has 2 heterocycles. The molecule has 96 valence electrons. The molecule has 0 radical (unpaired) electrons. The Labute approximate surface area is 104 Å². The van der Waals surface area contributed by atoms with Crippen molar-refractivity contribution in [2.24, 2.45) is 0 Å². The van der Waals surface area contributed by atoms with Gasteiger partial charge in [0.2, 0.25) is 5.95 Å². The van der Waals surface area contributed by atoms with Gasteiger partial charge in [-0.1, -0.05) is 0 Å². The molecule has 0 atom stereocenters. The van der Waals surface area contributed by atoms with E-state index in [1.54, 1.807) is 6.07 Å². The first-order valence-electron chi connectivity index (χ1n) is 6.17. The molecule has 2 N–H and O–H groups in total. The highest BCUT2D eigenvalue weighted by molar-refractivity contribution is 5.43. The lowest BCUT2D eigenvalue weighted by Crippen LogP contribution is -2.28. The van der Waals surface area contributed by atoms with Crippen molar-refractivity contribution in [2.75, 3.05) is 5.32 Å². The zero-order valence-electron chi connectivity index (χ0n) is 9.88. The van der Waals surface area contributed by atoms with Gasteiger partial charge in [-0.05, 0) is 37.8 Å². The van der Waals surface area contributed by atoms with Crippen molar-refractivity contribution in [2.45, 2.75) is 37.8 Å². The number of nitrogens with one attached hydrogen (secondary N) is 1. The first kappa shape index (κ1) is 11.4. The summed E-state index contributed by atoms with van der Waals surface area (Å²) in [5.41, 5.74) is 0.620. The van der Waals surface area contributed by atoms with E-state index in [-0.39, 0.29) is 18.0 Å². The van der Waals surface area contributed by atoms with Crippen molar-refractivity contribution in [3.63, 3.8) is 0 Å². The van der Waals surface area contributed by atoms with Crippen LogP contribution in [0.15, 0.2) is 18.3 Å². The number of aliphatic hydroxyl groups is 1. The number of hydrogen-bond acceptors (Lipinski definition) is 4. The molecule has 5 nitrogen and oxygen atoms in total. The maximum absolute atomic E-state index is 13.0. The minimum absolute atomic E-state index is 0.175. The number of aromatic nitrogens is 3. The SMILES string of the molecule is OC1CCC(Nc2nc3ccc(F)cn3n2)CC1. The third-order valence-electron chi connectivity index (χ3n) is 3.32. The van der Waals surface area contributed by atoms with Crippen LogP contribution in [0.2, 0.25) is 0 Å². The Hall–Kier alpha value is -1.69. The minimum atomic E-state index is -0.334. The number of hydrogen-bond donors (Lipinski definition) is 2. The van der Waals surface area contributed by atoms with Gasteiger partial charge in [0, 0.05) is 6.04 Å². The van der Waals surface area contributed by atoms with Crippen LogP contribution in [0.5, 0.6) is 0 Å². The predicted octanol–water partition coefficient (Wildman–Crippen LogP) is 1.58. The van der Waals surface area contributed by atoms with Crippen LogP contribution in [-0.2, 0) is 0 Å². The summed E-state index contributed by atoms with van der Waals surface area (Å²) < 4.78 is 14.4. The van der Waals surface area contributed by atoms with Crippen LogP contribution in [0.3, 0.4) is 0 Å². The van der Waals surface area contributed by atoms with Crippen LogP contribution >= 0.6 is 0 Å². The van der Waals surface area contributed by atoms with Crippen LogP contribution in [0.4, 0.5) is 10.3 Å². The van der Waals surface area contributed by atoms with Gasteiger partial charge in [-0.3, -0.25) is 0 Å². The lowest BCUT2D eigenvalue weighted by molar-refractivity contribution is 0.126. The first-order valence-corrected chi connectivity index (χ1v) is 6.17. The molecule has 2 aromatic rings. The van der Waals surface area contributed by atoms with Gasteiger partial charge in [0.25, 0.3) is 0 Å². The molecule has 3 rings (SSSR count). The number of anilines is 1. The Balaban J connectivity index is 1.74. The summed E-state index contributed by atoms with van der Waals surface area (Å²) in [7, 11) is 0.